The van der Waals surface area contributed by atoms with Crippen LogP contribution in [0.25, 0.3) is 0 Å². The van der Waals surface area contributed by atoms with E-state index in [2.05, 4.69) is 15.9 Å². The Labute approximate surface area is 79.3 Å². The van der Waals surface area contributed by atoms with Gasteiger partial charge in [0, 0.05) is 15.9 Å². The van der Waals surface area contributed by atoms with Crippen LogP contribution in [-0.2, 0) is 7.05 Å². The molecule has 0 saturated heterocycles. The van der Waals surface area contributed by atoms with Gasteiger partial charge in [-0.2, -0.15) is 4.57 Å². The third kappa shape index (κ3) is 8.00. The van der Waals surface area contributed by atoms with Crippen LogP contribution in [0.3, 0.4) is 0 Å². The van der Waals surface area contributed by atoms with Gasteiger partial charge in [-0.05, 0) is 0 Å². The standard InChI is InChI=1S/C4H5BrNS.BF4/c1-6-2-3-7-4(6)5;2-1(3,4)5/h2-3H,1H3;/q+1;-1. The fourth-order valence-electron chi connectivity index (χ4n) is 0.320. The molecule has 0 saturated carbocycles. The van der Waals surface area contributed by atoms with Crippen molar-refractivity contribution in [1.82, 2.24) is 0 Å². The summed E-state index contributed by atoms with van der Waals surface area (Å²) in [6, 6.07) is 0. The van der Waals surface area contributed by atoms with Gasteiger partial charge in [-0.3, -0.25) is 0 Å². The number of aryl methyl sites for hydroxylation is 1. The van der Waals surface area contributed by atoms with Crippen LogP contribution in [0, 0.1) is 0 Å². The van der Waals surface area contributed by atoms with Crippen molar-refractivity contribution in [3.05, 3.63) is 15.5 Å². The fraction of sp³-hybridized carbons (Fsp3) is 0.250. The van der Waals surface area contributed by atoms with Gasteiger partial charge in [-0.1, -0.05) is 11.3 Å². The fourth-order valence-corrected chi connectivity index (χ4v) is 1.34. The Bertz CT molecular complexity index is 215. The van der Waals surface area contributed by atoms with Gasteiger partial charge in [0.15, 0.2) is 6.20 Å². The number of thiazole rings is 1. The second-order valence-corrected chi connectivity index (χ2v) is 3.93. The van der Waals surface area contributed by atoms with Gasteiger partial charge in [0.05, 0.1) is 5.38 Å². The second-order valence-electron chi connectivity index (χ2n) is 1.76. The molecule has 0 radical (unpaired) electrons. The first-order valence-corrected chi connectivity index (χ1v) is 4.44. The highest BCUT2D eigenvalue weighted by molar-refractivity contribution is 9.11. The highest BCUT2D eigenvalue weighted by atomic mass is 79.9. The second kappa shape index (κ2) is 4.81. The van der Waals surface area contributed by atoms with Crippen LogP contribution < -0.4 is 4.57 Å². The molecule has 1 aromatic heterocycles. The molecule has 0 amide bonds. The van der Waals surface area contributed by atoms with Crippen LogP contribution in [0.2, 0.25) is 0 Å². The number of rotatable bonds is 0. The van der Waals surface area contributed by atoms with Gasteiger partial charge in [0.2, 0.25) is 0 Å². The van der Waals surface area contributed by atoms with Crippen LogP contribution in [0.1, 0.15) is 0 Å². The number of nitrogens with zero attached hydrogens (tertiary/aromatic N) is 1. The number of halogens is 5. The van der Waals surface area contributed by atoms with Gasteiger partial charge in [-0.25, -0.2) is 0 Å². The molecule has 1 nitrogen and oxygen atoms in total. The molecule has 12 heavy (non-hydrogen) atoms. The van der Waals surface area contributed by atoms with E-state index in [1.165, 1.54) is 0 Å². The van der Waals surface area contributed by atoms with Crippen molar-refractivity contribution < 1.29 is 21.8 Å². The summed E-state index contributed by atoms with van der Waals surface area (Å²) in [5.41, 5.74) is 0. The molecule has 1 rings (SSSR count). The van der Waals surface area contributed by atoms with Crippen LogP contribution in [0.5, 0.6) is 0 Å². The molecule has 0 spiro atoms. The minimum absolute atomic E-state index is 1.16. The molecular formula is C4H5BBrF4NS. The van der Waals surface area contributed by atoms with Crippen LogP contribution in [0.15, 0.2) is 15.5 Å². The average molecular weight is 266 g/mol. The lowest BCUT2D eigenvalue weighted by Crippen LogP contribution is -2.24. The highest BCUT2D eigenvalue weighted by Gasteiger charge is 2.20. The first-order valence-electron chi connectivity index (χ1n) is 2.76. The lowest BCUT2D eigenvalue weighted by molar-refractivity contribution is -0.677. The molecule has 0 aliphatic rings. The summed E-state index contributed by atoms with van der Waals surface area (Å²) in [5, 5.41) is 2.03. The maximum absolute atomic E-state index is 9.75. The van der Waals surface area contributed by atoms with Crippen molar-refractivity contribution in [3.8, 4) is 0 Å². The molecule has 0 aromatic carbocycles. The first-order chi connectivity index (χ1) is 5.30. The van der Waals surface area contributed by atoms with E-state index in [4.69, 9.17) is 0 Å². The number of hydrogen-bond donors (Lipinski definition) is 0. The van der Waals surface area contributed by atoms with E-state index in [1.807, 2.05) is 23.2 Å². The largest absolute Gasteiger partial charge is 0.673 e. The summed E-state index contributed by atoms with van der Waals surface area (Å²) < 4.78 is 42.2. The topological polar surface area (TPSA) is 3.88 Å². The van der Waals surface area contributed by atoms with Gasteiger partial charge >= 0.3 is 11.2 Å². The summed E-state index contributed by atoms with van der Waals surface area (Å²) in [4.78, 5) is 0. The highest BCUT2D eigenvalue weighted by Crippen LogP contribution is 2.08. The Morgan fingerprint density at radius 3 is 1.92 bits per heavy atom. The zero-order valence-corrected chi connectivity index (χ0v) is 8.38. The number of hydrogen-bond acceptors (Lipinski definition) is 1. The van der Waals surface area contributed by atoms with E-state index in [-0.39, 0.29) is 0 Å². The molecule has 0 aliphatic heterocycles. The number of aromatic nitrogens is 1. The van der Waals surface area contributed by atoms with Crippen molar-refractivity contribution in [3.63, 3.8) is 0 Å². The zero-order chi connectivity index (χ0) is 9.78. The smallest absolute Gasteiger partial charge is 0.418 e. The third-order valence-corrected chi connectivity index (χ3v) is 2.59. The Kier molecular flexibility index (Phi) is 4.77. The molecule has 0 aliphatic carbocycles. The summed E-state index contributed by atoms with van der Waals surface area (Å²) in [7, 11) is -4.00. The van der Waals surface area contributed by atoms with E-state index >= 15 is 0 Å². The maximum Gasteiger partial charge on any atom is 0.673 e. The average Bonchev–Trinajstić information content (AvgIpc) is 2.12. The van der Waals surface area contributed by atoms with Gasteiger partial charge in [0.25, 0.3) is 0 Å². The Hall–Kier alpha value is -0.105. The molecule has 70 valence electrons. The first kappa shape index (κ1) is 11.9. The molecule has 1 heterocycles. The van der Waals surface area contributed by atoms with Crippen molar-refractivity contribution in [2.24, 2.45) is 7.05 Å². The molecule has 0 atom stereocenters. The molecule has 0 unspecified atom stereocenters. The predicted octanol–water partition coefficient (Wildman–Crippen LogP) is 2.64. The Balaban J connectivity index is 0.000000217. The monoisotopic (exact) mass is 265 g/mol. The Morgan fingerprint density at radius 1 is 1.42 bits per heavy atom. The molecule has 0 fully saturated rings. The molecule has 0 N–H and O–H groups in total. The van der Waals surface area contributed by atoms with Crippen LogP contribution in [-0.4, -0.2) is 7.25 Å². The predicted molar refractivity (Wildman–Crippen MR) is 43.4 cm³/mol. The molecular weight excluding hydrogens is 261 g/mol. The minimum atomic E-state index is -6.00. The summed E-state index contributed by atoms with van der Waals surface area (Å²) in [6.45, 7) is 0. The van der Waals surface area contributed by atoms with E-state index in [0.717, 1.165) is 3.92 Å². The van der Waals surface area contributed by atoms with Gasteiger partial charge in [-0.15, -0.1) is 0 Å². The van der Waals surface area contributed by atoms with E-state index in [1.54, 1.807) is 11.3 Å². The van der Waals surface area contributed by atoms with Gasteiger partial charge in [0.1, 0.15) is 7.05 Å². The lowest BCUT2D eigenvalue weighted by Gasteiger charge is -1.94. The van der Waals surface area contributed by atoms with Crippen molar-refractivity contribution in [2.45, 2.75) is 0 Å². The minimum Gasteiger partial charge on any atom is -0.418 e. The lowest BCUT2D eigenvalue weighted by atomic mass is 10.3. The Morgan fingerprint density at radius 2 is 1.83 bits per heavy atom. The quantitative estimate of drug-likeness (QED) is 0.386. The zero-order valence-electron chi connectivity index (χ0n) is 5.98. The van der Waals surface area contributed by atoms with E-state index in [9.17, 15) is 17.3 Å². The summed E-state index contributed by atoms with van der Waals surface area (Å²) in [6.07, 6.45) is 2.01. The molecule has 0 bridgehead atoms. The van der Waals surface area contributed by atoms with Crippen LogP contribution >= 0.6 is 27.3 Å². The van der Waals surface area contributed by atoms with Crippen LogP contribution in [0.4, 0.5) is 17.3 Å². The molecule has 1 aromatic rings. The van der Waals surface area contributed by atoms with Crippen molar-refractivity contribution in [2.75, 3.05) is 0 Å². The molecule has 8 heteroatoms. The van der Waals surface area contributed by atoms with E-state index in [0.29, 0.717) is 0 Å². The van der Waals surface area contributed by atoms with E-state index < -0.39 is 7.25 Å². The van der Waals surface area contributed by atoms with Crippen molar-refractivity contribution >= 4 is 34.5 Å². The SMILES string of the molecule is C[n+]1ccsc1Br.F[B-](F)(F)F. The van der Waals surface area contributed by atoms with Crippen molar-refractivity contribution in [1.29, 1.82) is 0 Å². The third-order valence-electron chi connectivity index (χ3n) is 0.727. The summed E-state index contributed by atoms with van der Waals surface area (Å²) >= 11 is 5.03. The van der Waals surface area contributed by atoms with Gasteiger partial charge < -0.3 is 17.3 Å². The normalized spacial score (nSPS) is 10.5. The maximum atomic E-state index is 9.75. The summed E-state index contributed by atoms with van der Waals surface area (Å²) in [5.74, 6) is 0.